The molecule has 0 bridgehead atoms. The molecule has 0 heterocycles. The van der Waals surface area contributed by atoms with Crippen molar-refractivity contribution in [1.29, 1.82) is 0 Å². The topological polar surface area (TPSA) is 0 Å². The first-order valence-corrected chi connectivity index (χ1v) is 6.44. The molecule has 0 saturated carbocycles. The molecule has 0 saturated heterocycles. The second kappa shape index (κ2) is 11.9. The van der Waals surface area contributed by atoms with Gasteiger partial charge in [0.2, 0.25) is 0 Å². The third-order valence-corrected chi connectivity index (χ3v) is 2.81. The molecule has 1 aromatic rings. The Morgan fingerprint density at radius 3 is 1.68 bits per heavy atom. The van der Waals surface area contributed by atoms with Gasteiger partial charge in [0, 0.05) is 31.1 Å². The van der Waals surface area contributed by atoms with Crippen molar-refractivity contribution in [1.82, 2.24) is 0 Å². The minimum Gasteiger partial charge on any atom is -0.269 e. The summed E-state index contributed by atoms with van der Waals surface area (Å²) in [4.78, 5) is 0. The van der Waals surface area contributed by atoms with E-state index in [4.69, 9.17) is 0 Å². The molecular formula is C16H30F2U. The molecule has 112 valence electrons. The molecule has 3 heteroatoms. The van der Waals surface area contributed by atoms with E-state index in [1.165, 1.54) is 16.7 Å². The zero-order valence-electron chi connectivity index (χ0n) is 13.6. The first-order chi connectivity index (χ1) is 7.34. The van der Waals surface area contributed by atoms with Gasteiger partial charge in [-0.1, -0.05) is 66.7 Å². The second-order valence-corrected chi connectivity index (χ2v) is 5.42. The van der Waals surface area contributed by atoms with Crippen LogP contribution in [0.5, 0.6) is 0 Å². The van der Waals surface area contributed by atoms with Gasteiger partial charge in [0.1, 0.15) is 0 Å². The largest absolute Gasteiger partial charge is 0.269 e. The van der Waals surface area contributed by atoms with Gasteiger partial charge in [-0.25, -0.2) is 0 Å². The van der Waals surface area contributed by atoms with Crippen molar-refractivity contribution in [2.24, 2.45) is 0 Å². The molecule has 0 N–H and O–H groups in total. The molecule has 0 nitrogen and oxygen atoms in total. The van der Waals surface area contributed by atoms with E-state index in [1.807, 2.05) is 13.8 Å². The van der Waals surface area contributed by atoms with Crippen LogP contribution in [0.25, 0.3) is 0 Å². The van der Waals surface area contributed by atoms with Crippen molar-refractivity contribution in [2.45, 2.75) is 66.7 Å². The molecule has 1 rings (SSSR count). The molecule has 0 spiro atoms. The van der Waals surface area contributed by atoms with Crippen LogP contribution in [0.4, 0.5) is 9.41 Å². The van der Waals surface area contributed by atoms with Crippen LogP contribution < -0.4 is 0 Å². The van der Waals surface area contributed by atoms with Crippen LogP contribution in [0, 0.1) is 38.0 Å². The van der Waals surface area contributed by atoms with Crippen molar-refractivity contribution >= 4 is 0 Å². The Morgan fingerprint density at radius 1 is 0.947 bits per heavy atom. The normalized spacial score (nSPS) is 9.32. The summed E-state index contributed by atoms with van der Waals surface area (Å²) in [6.45, 7) is 17.6. The fraction of sp³-hybridized carbons (Fsp3) is 0.625. The average Bonchev–Trinajstić information content (AvgIpc) is 2.19. The van der Waals surface area contributed by atoms with Crippen molar-refractivity contribution in [3.05, 3.63) is 34.9 Å². The van der Waals surface area contributed by atoms with Gasteiger partial charge >= 0.3 is 0 Å². The molecule has 0 atom stereocenters. The molecule has 0 aliphatic rings. The first-order valence-electron chi connectivity index (χ1n) is 6.44. The number of hydrogen-bond acceptors (Lipinski definition) is 0. The Balaban J connectivity index is -0.000000214. The summed E-state index contributed by atoms with van der Waals surface area (Å²) in [5.41, 5.74) is 4.69. The molecule has 0 radical (unpaired) electrons. The maximum absolute atomic E-state index is 2.28. The van der Waals surface area contributed by atoms with Crippen LogP contribution in [-0.2, 0) is 5.41 Å². The summed E-state index contributed by atoms with van der Waals surface area (Å²) >= 11 is 0. The van der Waals surface area contributed by atoms with E-state index in [9.17, 15) is 0 Å². The van der Waals surface area contributed by atoms with Crippen molar-refractivity contribution in [2.75, 3.05) is 0 Å². The Morgan fingerprint density at radius 2 is 1.37 bits per heavy atom. The third-order valence-electron chi connectivity index (χ3n) is 2.81. The van der Waals surface area contributed by atoms with E-state index in [0.717, 1.165) is 0 Å². The van der Waals surface area contributed by atoms with Gasteiger partial charge < -0.3 is 0 Å². The molecule has 0 aliphatic carbocycles. The summed E-state index contributed by atoms with van der Waals surface area (Å²) < 4.78 is 0. The summed E-state index contributed by atoms with van der Waals surface area (Å²) in [6.07, 6.45) is 0. The number of rotatable bonds is 1. The Hall–Kier alpha value is 0.132. The van der Waals surface area contributed by atoms with Gasteiger partial charge in [-0.05, 0) is 34.9 Å². The molecule has 19 heavy (non-hydrogen) atoms. The zero-order chi connectivity index (χ0) is 12.9. The molecule has 0 aromatic heterocycles. The SMILES string of the molecule is CC.Cc1c(C(C)C)cccc1C(C)(C)C.F.F.[U]. The monoisotopic (exact) mass is 498 g/mol. The van der Waals surface area contributed by atoms with Gasteiger partial charge in [-0.3, -0.25) is 9.41 Å². The molecule has 0 amide bonds. The summed E-state index contributed by atoms with van der Waals surface area (Å²) in [5.74, 6) is 0.622. The van der Waals surface area contributed by atoms with Gasteiger partial charge in [0.15, 0.2) is 0 Å². The molecule has 1 aromatic carbocycles. The van der Waals surface area contributed by atoms with Crippen molar-refractivity contribution in [3.8, 4) is 0 Å². The van der Waals surface area contributed by atoms with Gasteiger partial charge in [0.05, 0.1) is 0 Å². The van der Waals surface area contributed by atoms with Crippen LogP contribution in [0.1, 0.15) is 71.1 Å². The Labute approximate surface area is 141 Å². The van der Waals surface area contributed by atoms with Crippen LogP contribution in [-0.4, -0.2) is 0 Å². The van der Waals surface area contributed by atoms with E-state index >= 15 is 0 Å². The standard InChI is InChI=1S/C14H22.C2H6.2FH.U/c1-10(2)12-8-7-9-13(11(12)3)14(4,5)6;1-2;;;/h7-10H,1-6H3;1-2H3;2*1H;. The van der Waals surface area contributed by atoms with E-state index < -0.39 is 0 Å². The van der Waals surface area contributed by atoms with Crippen molar-refractivity contribution in [3.63, 3.8) is 0 Å². The smallest absolute Gasteiger partial charge is 0 e. The van der Waals surface area contributed by atoms with Crippen LogP contribution >= 0.6 is 0 Å². The van der Waals surface area contributed by atoms with Gasteiger partial charge in [-0.2, -0.15) is 0 Å². The number of hydrogen-bond donors (Lipinski definition) is 0. The fourth-order valence-electron chi connectivity index (χ4n) is 2.09. The minimum atomic E-state index is 0. The van der Waals surface area contributed by atoms with E-state index in [-0.39, 0.29) is 45.9 Å². The second-order valence-electron chi connectivity index (χ2n) is 5.42. The molecular weight excluding hydrogens is 468 g/mol. The summed E-state index contributed by atoms with van der Waals surface area (Å²) in [5, 5.41) is 0. The van der Waals surface area contributed by atoms with E-state index in [1.54, 1.807) is 0 Å². The maximum atomic E-state index is 2.28. The Bertz CT molecular complexity index is 328. The fourth-order valence-corrected chi connectivity index (χ4v) is 2.09. The maximum Gasteiger partial charge on any atom is 0 e. The van der Waals surface area contributed by atoms with E-state index in [2.05, 4.69) is 59.7 Å². The van der Waals surface area contributed by atoms with E-state index in [0.29, 0.717) is 5.92 Å². The van der Waals surface area contributed by atoms with Gasteiger partial charge in [-0.15, -0.1) is 0 Å². The Kier molecular flexibility index (Phi) is 17.2. The van der Waals surface area contributed by atoms with Crippen molar-refractivity contribution < 1.29 is 40.5 Å². The van der Waals surface area contributed by atoms with Crippen LogP contribution in [0.3, 0.4) is 0 Å². The molecule has 0 fully saturated rings. The predicted molar refractivity (Wildman–Crippen MR) is 80.3 cm³/mol. The first kappa shape index (κ1) is 27.5. The van der Waals surface area contributed by atoms with Gasteiger partial charge in [0.25, 0.3) is 0 Å². The predicted octanol–water partition coefficient (Wildman–Crippen LogP) is 5.75. The zero-order valence-corrected chi connectivity index (χ0v) is 17.8. The number of halogens is 2. The van der Waals surface area contributed by atoms with Crippen LogP contribution in [0.2, 0.25) is 0 Å². The molecule has 0 aliphatic heterocycles. The third kappa shape index (κ3) is 8.10. The molecule has 0 unspecified atom stereocenters. The average molecular weight is 498 g/mol. The number of benzene rings is 1. The van der Waals surface area contributed by atoms with Crippen LogP contribution in [0.15, 0.2) is 18.2 Å². The summed E-state index contributed by atoms with van der Waals surface area (Å²) in [7, 11) is 0. The quantitative estimate of drug-likeness (QED) is 0.463. The minimum absolute atomic E-state index is 0. The summed E-state index contributed by atoms with van der Waals surface area (Å²) in [6, 6.07) is 6.68.